The van der Waals surface area contributed by atoms with E-state index in [1.807, 2.05) is 19.9 Å². The molecule has 2 heterocycles. The minimum Gasteiger partial charge on any atom is -0.507 e. The lowest BCUT2D eigenvalue weighted by Crippen LogP contribution is -2.29. The third kappa shape index (κ3) is 4.81. The van der Waals surface area contributed by atoms with Crippen molar-refractivity contribution in [3.8, 4) is 17.2 Å². The van der Waals surface area contributed by atoms with Crippen molar-refractivity contribution in [2.75, 3.05) is 25.7 Å². The van der Waals surface area contributed by atoms with Gasteiger partial charge >= 0.3 is 5.91 Å². The molecule has 1 aromatic heterocycles. The maximum atomic E-state index is 13.5. The Morgan fingerprint density at radius 1 is 1.00 bits per heavy atom. The molecule has 1 aliphatic rings. The number of carbonyl (C=O) groups excluding carboxylic acids is 2. The number of ether oxygens (including phenoxy) is 3. The molecule has 8 nitrogen and oxygen atoms in total. The molecule has 0 bridgehead atoms. The Bertz CT molecular complexity index is 1590. The molecule has 9 heteroatoms. The van der Waals surface area contributed by atoms with Crippen molar-refractivity contribution in [1.82, 2.24) is 4.98 Å². The SMILES string of the molecule is CCCOc1ccc(C2C(=C(O)c3ccc(OC)c(C)c3)C(=O)C(=O)N2c2nc3ccc(OC)cc3s2)cc1. The molecule has 1 aliphatic heterocycles. The number of amides is 1. The fraction of sp³-hybridized carbons (Fsp3) is 0.233. The van der Waals surface area contributed by atoms with Crippen LogP contribution in [0.25, 0.3) is 16.0 Å². The van der Waals surface area contributed by atoms with E-state index in [9.17, 15) is 14.7 Å². The van der Waals surface area contributed by atoms with Gasteiger partial charge in [0.1, 0.15) is 23.0 Å². The van der Waals surface area contributed by atoms with Crippen LogP contribution in [-0.4, -0.2) is 42.6 Å². The van der Waals surface area contributed by atoms with E-state index in [1.165, 1.54) is 16.2 Å². The monoisotopic (exact) mass is 544 g/mol. The number of aliphatic hydroxyl groups excluding tert-OH is 1. The Morgan fingerprint density at radius 2 is 1.74 bits per heavy atom. The molecule has 0 spiro atoms. The minimum atomic E-state index is -0.893. The summed E-state index contributed by atoms with van der Waals surface area (Å²) in [6.45, 7) is 4.44. The van der Waals surface area contributed by atoms with Gasteiger partial charge in [0.15, 0.2) is 5.13 Å². The average molecular weight is 545 g/mol. The lowest BCUT2D eigenvalue weighted by Gasteiger charge is -2.23. The number of nitrogens with zero attached hydrogens (tertiary/aromatic N) is 2. The molecule has 0 aliphatic carbocycles. The maximum absolute atomic E-state index is 13.5. The molecule has 1 N–H and O–H groups in total. The van der Waals surface area contributed by atoms with Crippen LogP contribution >= 0.6 is 11.3 Å². The number of thiazole rings is 1. The molecular formula is C30H28N2O6S. The lowest BCUT2D eigenvalue weighted by molar-refractivity contribution is -0.132. The van der Waals surface area contributed by atoms with Gasteiger partial charge in [0.25, 0.3) is 5.78 Å². The number of hydrogen-bond acceptors (Lipinski definition) is 8. The number of ketones is 1. The van der Waals surface area contributed by atoms with Crippen LogP contribution in [0.5, 0.6) is 17.2 Å². The molecule has 5 rings (SSSR count). The summed E-state index contributed by atoms with van der Waals surface area (Å²) < 4.78 is 17.2. The second kappa shape index (κ2) is 10.8. The summed E-state index contributed by atoms with van der Waals surface area (Å²) in [4.78, 5) is 33.1. The zero-order valence-electron chi connectivity index (χ0n) is 22.1. The largest absolute Gasteiger partial charge is 0.507 e. The summed E-state index contributed by atoms with van der Waals surface area (Å²) in [5, 5.41) is 11.8. The van der Waals surface area contributed by atoms with Crippen LogP contribution < -0.4 is 19.1 Å². The first-order chi connectivity index (χ1) is 18.9. The highest BCUT2D eigenvalue weighted by molar-refractivity contribution is 7.22. The standard InChI is InChI=1S/C30H28N2O6S/c1-5-14-38-20-9-6-18(7-10-20)26-25(27(33)19-8-13-23(37-4)17(2)15-19)28(34)29(35)32(26)30-31-22-12-11-21(36-3)16-24(22)39-30/h6-13,15-16,26,33H,5,14H2,1-4H3. The van der Waals surface area contributed by atoms with E-state index < -0.39 is 17.7 Å². The molecule has 3 aromatic carbocycles. The van der Waals surface area contributed by atoms with Gasteiger partial charge in [-0.15, -0.1) is 0 Å². The molecule has 4 aromatic rings. The maximum Gasteiger partial charge on any atom is 0.301 e. The Kier molecular flexibility index (Phi) is 7.26. The number of fused-ring (bicyclic) bond motifs is 1. The Morgan fingerprint density at radius 3 is 2.41 bits per heavy atom. The number of anilines is 1. The van der Waals surface area contributed by atoms with Crippen LogP contribution in [0.3, 0.4) is 0 Å². The van der Waals surface area contributed by atoms with E-state index in [1.54, 1.807) is 68.8 Å². The second-order valence-electron chi connectivity index (χ2n) is 9.10. The molecule has 1 saturated heterocycles. The van der Waals surface area contributed by atoms with Crippen molar-refractivity contribution in [3.63, 3.8) is 0 Å². The Hall–Kier alpha value is -4.37. The lowest BCUT2D eigenvalue weighted by atomic mass is 9.95. The number of methoxy groups -OCH3 is 2. The van der Waals surface area contributed by atoms with E-state index >= 15 is 0 Å². The summed E-state index contributed by atoms with van der Waals surface area (Å²) in [6, 6.07) is 16.8. The summed E-state index contributed by atoms with van der Waals surface area (Å²) >= 11 is 1.28. The molecule has 0 saturated carbocycles. The van der Waals surface area contributed by atoms with E-state index in [0.717, 1.165) is 16.7 Å². The van der Waals surface area contributed by atoms with E-state index in [2.05, 4.69) is 4.98 Å². The molecular weight excluding hydrogens is 516 g/mol. The highest BCUT2D eigenvalue weighted by atomic mass is 32.1. The van der Waals surface area contributed by atoms with E-state index in [-0.39, 0.29) is 11.3 Å². The molecule has 1 amide bonds. The van der Waals surface area contributed by atoms with E-state index in [4.69, 9.17) is 14.2 Å². The Labute approximate surface area is 230 Å². The number of aryl methyl sites for hydroxylation is 1. The number of rotatable bonds is 8. The summed E-state index contributed by atoms with van der Waals surface area (Å²) in [5.41, 5.74) is 2.49. The van der Waals surface area contributed by atoms with Crippen molar-refractivity contribution in [2.45, 2.75) is 26.3 Å². The first-order valence-electron chi connectivity index (χ1n) is 12.5. The van der Waals surface area contributed by atoms with Crippen LogP contribution in [0.4, 0.5) is 5.13 Å². The number of hydrogen-bond donors (Lipinski definition) is 1. The first kappa shape index (κ1) is 26.2. The predicted molar refractivity (Wildman–Crippen MR) is 151 cm³/mol. The van der Waals surface area contributed by atoms with Gasteiger partial charge in [0.05, 0.1) is 42.7 Å². The zero-order valence-corrected chi connectivity index (χ0v) is 22.9. The number of aliphatic hydroxyl groups is 1. The average Bonchev–Trinajstić information content (AvgIpc) is 3.49. The third-order valence-electron chi connectivity index (χ3n) is 6.57. The quantitative estimate of drug-likeness (QED) is 0.164. The number of carbonyl (C=O) groups is 2. The number of aromatic nitrogens is 1. The van der Waals surface area contributed by atoms with Gasteiger partial charge in [-0.25, -0.2) is 4.98 Å². The number of Topliss-reactive ketones (excluding diaryl/α,β-unsaturated/α-hetero) is 1. The molecule has 1 atom stereocenters. The van der Waals surface area contributed by atoms with Gasteiger partial charge in [-0.3, -0.25) is 14.5 Å². The van der Waals surface area contributed by atoms with Crippen LogP contribution in [0, 0.1) is 6.92 Å². The van der Waals surface area contributed by atoms with Crippen LogP contribution in [-0.2, 0) is 9.59 Å². The molecule has 1 unspecified atom stereocenters. The molecule has 200 valence electrons. The van der Waals surface area contributed by atoms with Crippen LogP contribution in [0.2, 0.25) is 0 Å². The predicted octanol–water partition coefficient (Wildman–Crippen LogP) is 6.04. The summed E-state index contributed by atoms with van der Waals surface area (Å²) in [7, 11) is 3.14. The van der Waals surface area contributed by atoms with Crippen molar-refractivity contribution in [1.29, 1.82) is 0 Å². The van der Waals surface area contributed by atoms with Crippen LogP contribution in [0.15, 0.2) is 66.2 Å². The van der Waals surface area contributed by atoms with E-state index in [0.29, 0.717) is 45.6 Å². The van der Waals surface area contributed by atoms with Crippen molar-refractivity contribution in [2.24, 2.45) is 0 Å². The normalized spacial score (nSPS) is 16.6. The van der Waals surface area contributed by atoms with Gasteiger partial charge < -0.3 is 19.3 Å². The van der Waals surface area contributed by atoms with Gasteiger partial charge in [-0.05, 0) is 73.0 Å². The molecule has 0 radical (unpaired) electrons. The summed E-state index contributed by atoms with van der Waals surface area (Å²) in [5.74, 6) is 0.180. The Balaban J connectivity index is 1.67. The second-order valence-corrected chi connectivity index (χ2v) is 10.1. The van der Waals surface area contributed by atoms with Crippen molar-refractivity contribution in [3.05, 3.63) is 82.9 Å². The van der Waals surface area contributed by atoms with Crippen molar-refractivity contribution >= 4 is 44.1 Å². The van der Waals surface area contributed by atoms with Gasteiger partial charge in [-0.2, -0.15) is 0 Å². The highest BCUT2D eigenvalue weighted by Gasteiger charge is 2.48. The fourth-order valence-electron chi connectivity index (χ4n) is 4.62. The van der Waals surface area contributed by atoms with Crippen LogP contribution in [0.1, 0.15) is 36.1 Å². The summed E-state index contributed by atoms with van der Waals surface area (Å²) in [6.07, 6.45) is 0.867. The number of benzene rings is 3. The zero-order chi connectivity index (χ0) is 27.7. The topological polar surface area (TPSA) is 98.2 Å². The smallest absolute Gasteiger partial charge is 0.301 e. The fourth-order valence-corrected chi connectivity index (χ4v) is 5.64. The van der Waals surface area contributed by atoms with Gasteiger partial charge in [-0.1, -0.05) is 30.4 Å². The van der Waals surface area contributed by atoms with Gasteiger partial charge in [0, 0.05) is 5.56 Å². The van der Waals surface area contributed by atoms with Crippen molar-refractivity contribution < 1.29 is 28.9 Å². The molecule has 1 fully saturated rings. The first-order valence-corrected chi connectivity index (χ1v) is 13.3. The van der Waals surface area contributed by atoms with Gasteiger partial charge in [0.2, 0.25) is 0 Å². The molecule has 39 heavy (non-hydrogen) atoms. The third-order valence-corrected chi connectivity index (χ3v) is 7.59. The minimum absolute atomic E-state index is 0.0105. The highest BCUT2D eigenvalue weighted by Crippen LogP contribution is 2.45.